The van der Waals surface area contributed by atoms with Gasteiger partial charge in [0.1, 0.15) is 29.4 Å². The van der Waals surface area contributed by atoms with Crippen LogP contribution in [0.25, 0.3) is 16.3 Å². The first kappa shape index (κ1) is 31.1. The van der Waals surface area contributed by atoms with Crippen molar-refractivity contribution in [2.75, 3.05) is 0 Å². The van der Waals surface area contributed by atoms with E-state index in [1.165, 1.54) is 6.42 Å². The average Bonchev–Trinajstić information content (AvgIpc) is 2.97. The van der Waals surface area contributed by atoms with Crippen molar-refractivity contribution >= 4 is 33.7 Å². The number of hydrogen-bond donors (Lipinski definition) is 0. The van der Waals surface area contributed by atoms with Crippen molar-refractivity contribution in [1.29, 1.82) is 10.5 Å². The lowest BCUT2D eigenvalue weighted by molar-refractivity contribution is -0.117. The first-order valence-electron chi connectivity index (χ1n) is 15.0. The lowest BCUT2D eigenvalue weighted by atomic mass is 9.78. The number of aryl methyl sites for hydroxylation is 1. The molecule has 0 radical (unpaired) electrons. The number of nitriles is 2. The van der Waals surface area contributed by atoms with E-state index in [4.69, 9.17) is 16.3 Å². The molecule has 0 saturated heterocycles. The number of allylic oxidation sites excluding steroid dienone is 4. The van der Waals surface area contributed by atoms with Crippen molar-refractivity contribution in [2.45, 2.75) is 90.9 Å². The summed E-state index contributed by atoms with van der Waals surface area (Å²) in [5.74, 6) is 1.54. The van der Waals surface area contributed by atoms with Crippen LogP contribution in [0.4, 0.5) is 0 Å². The van der Waals surface area contributed by atoms with Gasteiger partial charge in [0.05, 0.1) is 11.1 Å². The van der Waals surface area contributed by atoms with E-state index in [-0.39, 0.29) is 11.2 Å². The molecule has 0 aliphatic heterocycles. The monoisotopic (exact) mass is 578 g/mol. The summed E-state index contributed by atoms with van der Waals surface area (Å²) in [4.78, 5) is 11.6. The number of Topliss-reactive ketones (excluding diaryl/α,β-unsaturated/α-hetero) is 1. The summed E-state index contributed by atoms with van der Waals surface area (Å²) in [6.45, 7) is 8.34. The van der Waals surface area contributed by atoms with E-state index in [0.29, 0.717) is 46.7 Å². The minimum atomic E-state index is -0.131. The second-order valence-electron chi connectivity index (χ2n) is 11.8. The molecule has 0 bridgehead atoms. The van der Waals surface area contributed by atoms with E-state index in [9.17, 15) is 15.3 Å². The minimum absolute atomic E-state index is 0.131. The number of hydrogen-bond acceptors (Lipinski definition) is 4. The SMILES string of the molecule is CCCCCC(C)(C)c1cc(Oc2ccccc2CCCC(C)=O)c2c(C3=C(Cl)C=CCC3)c(C#N)c(C#N)cc2c1. The van der Waals surface area contributed by atoms with Gasteiger partial charge in [-0.25, -0.2) is 0 Å². The van der Waals surface area contributed by atoms with Crippen LogP contribution in [0.3, 0.4) is 0 Å². The molecule has 1 aliphatic rings. The number of carbonyl (C=O) groups excluding carboxylic acids is 1. The van der Waals surface area contributed by atoms with Crippen molar-refractivity contribution in [3.05, 3.63) is 87.5 Å². The molecule has 4 nitrogen and oxygen atoms in total. The summed E-state index contributed by atoms with van der Waals surface area (Å²) < 4.78 is 6.82. The molecule has 4 rings (SSSR count). The molecule has 0 atom stereocenters. The predicted octanol–water partition coefficient (Wildman–Crippen LogP) is 10.4. The number of ether oxygens (including phenoxy) is 1. The molecule has 0 unspecified atom stereocenters. The first-order valence-corrected chi connectivity index (χ1v) is 15.3. The fourth-order valence-electron chi connectivity index (χ4n) is 5.78. The van der Waals surface area contributed by atoms with E-state index < -0.39 is 0 Å². The number of halogens is 1. The summed E-state index contributed by atoms with van der Waals surface area (Å²) in [5.41, 5.74) is 4.21. The van der Waals surface area contributed by atoms with Gasteiger partial charge in [0, 0.05) is 22.4 Å². The molecule has 0 saturated carbocycles. The van der Waals surface area contributed by atoms with Crippen LogP contribution in [0.5, 0.6) is 11.5 Å². The Morgan fingerprint density at radius 1 is 1.05 bits per heavy atom. The number of rotatable bonds is 12. The van der Waals surface area contributed by atoms with Crippen LogP contribution in [-0.2, 0) is 16.6 Å². The molecule has 5 heteroatoms. The van der Waals surface area contributed by atoms with Crippen molar-refractivity contribution < 1.29 is 9.53 Å². The second kappa shape index (κ2) is 13.9. The third kappa shape index (κ3) is 6.95. The standard InChI is InChI=1S/C37H39ClN2O2/c1-5-6-11-19-37(3,4)29-21-27-20-28(23-39)31(24-40)36(30-16-8-9-17-32(30)38)35(27)34(22-29)42-33-18-10-7-14-26(33)15-12-13-25(2)41/h7,9-10,14,17-18,20-22H,5-6,8,11-13,15-16,19H2,1-4H3. The highest BCUT2D eigenvalue weighted by atomic mass is 35.5. The largest absolute Gasteiger partial charge is 0.456 e. The molecular formula is C37H39ClN2O2. The molecule has 0 fully saturated rings. The van der Waals surface area contributed by atoms with Gasteiger partial charge in [0.15, 0.2) is 0 Å². The lowest BCUT2D eigenvalue weighted by Gasteiger charge is -2.28. The zero-order chi connectivity index (χ0) is 30.3. The quantitative estimate of drug-likeness (QED) is 0.200. The zero-order valence-electron chi connectivity index (χ0n) is 25.1. The van der Waals surface area contributed by atoms with Crippen LogP contribution in [0.1, 0.15) is 107 Å². The molecule has 42 heavy (non-hydrogen) atoms. The molecule has 0 heterocycles. The van der Waals surface area contributed by atoms with Gasteiger partial charge in [-0.05, 0) is 90.8 Å². The molecule has 0 spiro atoms. The average molecular weight is 579 g/mol. The third-order valence-electron chi connectivity index (χ3n) is 8.20. The maximum atomic E-state index is 11.6. The number of ketones is 1. The van der Waals surface area contributed by atoms with Gasteiger partial charge in [-0.1, -0.05) is 82.0 Å². The smallest absolute Gasteiger partial charge is 0.136 e. The molecule has 0 N–H and O–H groups in total. The van der Waals surface area contributed by atoms with Gasteiger partial charge in [-0.2, -0.15) is 10.5 Å². The first-order chi connectivity index (χ1) is 20.2. The Hall–Kier alpha value is -3.86. The molecule has 3 aromatic carbocycles. The van der Waals surface area contributed by atoms with Gasteiger partial charge < -0.3 is 9.53 Å². The highest BCUT2D eigenvalue weighted by Crippen LogP contribution is 2.45. The molecule has 216 valence electrons. The maximum absolute atomic E-state index is 11.6. The van der Waals surface area contributed by atoms with Crippen molar-refractivity contribution in [3.63, 3.8) is 0 Å². The Labute approximate surface area is 255 Å². The van der Waals surface area contributed by atoms with Crippen molar-refractivity contribution in [3.8, 4) is 23.6 Å². The molecule has 0 aromatic heterocycles. The number of unbranched alkanes of at least 4 members (excludes halogenated alkanes) is 2. The van der Waals surface area contributed by atoms with Crippen molar-refractivity contribution in [2.24, 2.45) is 0 Å². The van der Waals surface area contributed by atoms with E-state index in [1.807, 2.05) is 42.5 Å². The molecule has 1 aliphatic carbocycles. The van der Waals surface area contributed by atoms with Gasteiger partial charge in [0.2, 0.25) is 0 Å². The molecule has 0 amide bonds. The number of nitrogens with zero attached hydrogens (tertiary/aromatic N) is 2. The summed E-state index contributed by atoms with van der Waals surface area (Å²) in [6, 6.07) is 18.6. The van der Waals surface area contributed by atoms with Gasteiger partial charge >= 0.3 is 0 Å². The Balaban J connectivity index is 2.00. The van der Waals surface area contributed by atoms with Crippen LogP contribution in [0.15, 0.2) is 59.6 Å². The fraction of sp³-hybridized carbons (Fsp3) is 0.378. The fourth-order valence-corrected chi connectivity index (χ4v) is 6.06. The number of carbonyl (C=O) groups is 1. The maximum Gasteiger partial charge on any atom is 0.136 e. The van der Waals surface area contributed by atoms with Crippen LogP contribution in [-0.4, -0.2) is 5.78 Å². The number of fused-ring (bicyclic) bond motifs is 1. The van der Waals surface area contributed by atoms with E-state index in [0.717, 1.165) is 65.3 Å². The van der Waals surface area contributed by atoms with E-state index in [2.05, 4.69) is 45.0 Å². The molecular weight excluding hydrogens is 540 g/mol. The number of para-hydroxylation sites is 1. The van der Waals surface area contributed by atoms with Crippen LogP contribution in [0.2, 0.25) is 0 Å². The zero-order valence-corrected chi connectivity index (χ0v) is 25.9. The van der Waals surface area contributed by atoms with E-state index in [1.54, 1.807) is 6.92 Å². The third-order valence-corrected chi connectivity index (χ3v) is 8.56. The normalized spacial score (nSPS) is 13.2. The Kier molecular flexibility index (Phi) is 10.3. The summed E-state index contributed by atoms with van der Waals surface area (Å²) >= 11 is 6.77. The lowest BCUT2D eigenvalue weighted by Crippen LogP contribution is -2.17. The summed E-state index contributed by atoms with van der Waals surface area (Å²) in [5, 5.41) is 22.7. The summed E-state index contributed by atoms with van der Waals surface area (Å²) in [6.07, 6.45) is 11.8. The van der Waals surface area contributed by atoms with Gasteiger partial charge in [-0.3, -0.25) is 0 Å². The summed E-state index contributed by atoms with van der Waals surface area (Å²) in [7, 11) is 0. The van der Waals surface area contributed by atoms with Crippen LogP contribution in [0, 0.1) is 22.7 Å². The van der Waals surface area contributed by atoms with Crippen LogP contribution < -0.4 is 4.74 Å². The topological polar surface area (TPSA) is 73.9 Å². The minimum Gasteiger partial charge on any atom is -0.456 e. The van der Waals surface area contributed by atoms with Gasteiger partial charge in [-0.15, -0.1) is 0 Å². The van der Waals surface area contributed by atoms with Crippen LogP contribution >= 0.6 is 11.6 Å². The van der Waals surface area contributed by atoms with E-state index >= 15 is 0 Å². The Morgan fingerprint density at radius 2 is 1.83 bits per heavy atom. The predicted molar refractivity (Wildman–Crippen MR) is 172 cm³/mol. The second-order valence-corrected chi connectivity index (χ2v) is 12.3. The highest BCUT2D eigenvalue weighted by molar-refractivity contribution is 6.35. The Bertz CT molecular complexity index is 1630. The highest BCUT2D eigenvalue weighted by Gasteiger charge is 2.27. The molecule has 3 aromatic rings. The van der Waals surface area contributed by atoms with Gasteiger partial charge in [0.25, 0.3) is 0 Å². The van der Waals surface area contributed by atoms with Crippen molar-refractivity contribution in [1.82, 2.24) is 0 Å². The Morgan fingerprint density at radius 3 is 2.52 bits per heavy atom. The number of benzene rings is 3.